The number of nitrogens with two attached hydrogens (primary N) is 1. The number of nitrogens with zero attached hydrogens (tertiary/aromatic N) is 4. The lowest BCUT2D eigenvalue weighted by Crippen LogP contribution is -2.01. The maximum Gasteiger partial charge on any atom is 0.188 e. The first-order valence-corrected chi connectivity index (χ1v) is 7.33. The van der Waals surface area contributed by atoms with E-state index in [2.05, 4.69) is 31.5 Å². The molecule has 0 aliphatic heterocycles. The molecular weight excluding hydrogens is 354 g/mol. The predicted molar refractivity (Wildman–Crippen MR) is 86.4 cm³/mol. The van der Waals surface area contributed by atoms with Crippen molar-refractivity contribution in [3.05, 3.63) is 51.5 Å². The van der Waals surface area contributed by atoms with E-state index in [4.69, 9.17) is 17.3 Å². The van der Waals surface area contributed by atoms with Gasteiger partial charge >= 0.3 is 0 Å². The number of nitrogen functional groups attached to an aromatic ring is 1. The Kier molecular flexibility index (Phi) is 3.65. The van der Waals surface area contributed by atoms with Crippen LogP contribution in [0.3, 0.4) is 0 Å². The highest BCUT2D eigenvalue weighted by Crippen LogP contribution is 2.30. The van der Waals surface area contributed by atoms with Crippen LogP contribution in [0.4, 0.5) is 5.69 Å². The highest BCUT2D eigenvalue weighted by molar-refractivity contribution is 9.10. The average molecular weight is 365 g/mol. The van der Waals surface area contributed by atoms with Crippen LogP contribution in [-0.2, 0) is 0 Å². The quantitative estimate of drug-likeness (QED) is 0.705. The summed E-state index contributed by atoms with van der Waals surface area (Å²) in [6.07, 6.45) is 0. The smallest absolute Gasteiger partial charge is 0.188 e. The van der Waals surface area contributed by atoms with Crippen LogP contribution in [0, 0.1) is 6.92 Å². The highest BCUT2D eigenvalue weighted by atomic mass is 79.9. The number of halogens is 2. The molecular formula is C14H11BrClN5. The molecule has 3 rings (SSSR count). The largest absolute Gasteiger partial charge is 0.399 e. The van der Waals surface area contributed by atoms with Crippen molar-refractivity contribution in [1.82, 2.24) is 20.2 Å². The molecule has 2 N–H and O–H groups in total. The Labute approximate surface area is 134 Å². The van der Waals surface area contributed by atoms with Gasteiger partial charge < -0.3 is 5.73 Å². The van der Waals surface area contributed by atoms with E-state index in [1.54, 1.807) is 22.9 Å². The van der Waals surface area contributed by atoms with Gasteiger partial charge in [-0.25, -0.2) is 0 Å². The average Bonchev–Trinajstić information content (AvgIpc) is 2.93. The molecule has 2 aromatic carbocycles. The van der Waals surface area contributed by atoms with Gasteiger partial charge in [0, 0.05) is 15.7 Å². The summed E-state index contributed by atoms with van der Waals surface area (Å²) in [5.74, 6) is 0.544. The van der Waals surface area contributed by atoms with Crippen LogP contribution in [0.25, 0.3) is 17.1 Å². The minimum Gasteiger partial charge on any atom is -0.399 e. The first-order chi connectivity index (χ1) is 10.1. The fourth-order valence-corrected chi connectivity index (χ4v) is 2.53. The third-order valence-corrected chi connectivity index (χ3v) is 4.28. The van der Waals surface area contributed by atoms with E-state index in [-0.39, 0.29) is 0 Å². The molecule has 0 amide bonds. The summed E-state index contributed by atoms with van der Waals surface area (Å²) in [6, 6.07) is 11.1. The lowest BCUT2D eigenvalue weighted by atomic mass is 10.2. The fraction of sp³-hybridized carbons (Fsp3) is 0.0714. The second-order valence-electron chi connectivity index (χ2n) is 4.59. The molecule has 7 heteroatoms. The lowest BCUT2D eigenvalue weighted by Gasteiger charge is -2.08. The Bertz CT molecular complexity index is 815. The lowest BCUT2D eigenvalue weighted by molar-refractivity contribution is 0.790. The summed E-state index contributed by atoms with van der Waals surface area (Å²) in [5, 5.41) is 12.4. The highest BCUT2D eigenvalue weighted by Gasteiger charge is 2.14. The molecule has 0 saturated heterocycles. The van der Waals surface area contributed by atoms with Gasteiger partial charge in [0.15, 0.2) is 5.82 Å². The molecule has 1 heterocycles. The van der Waals surface area contributed by atoms with Crippen LogP contribution in [0.5, 0.6) is 0 Å². The van der Waals surface area contributed by atoms with Crippen molar-refractivity contribution < 1.29 is 0 Å². The third kappa shape index (κ3) is 2.64. The normalized spacial score (nSPS) is 10.8. The number of hydrogen-bond donors (Lipinski definition) is 1. The van der Waals surface area contributed by atoms with Crippen molar-refractivity contribution in [1.29, 1.82) is 0 Å². The van der Waals surface area contributed by atoms with Crippen LogP contribution in [0.2, 0.25) is 5.02 Å². The van der Waals surface area contributed by atoms with Crippen molar-refractivity contribution >= 4 is 33.2 Å². The SMILES string of the molecule is Cc1ccc(-n2nnnc2-c2cc(N)ccc2Cl)cc1Br. The van der Waals surface area contributed by atoms with E-state index in [0.29, 0.717) is 22.1 Å². The van der Waals surface area contributed by atoms with Crippen LogP contribution >= 0.6 is 27.5 Å². The number of hydrogen-bond acceptors (Lipinski definition) is 4. The monoisotopic (exact) mass is 363 g/mol. The molecule has 0 spiro atoms. The van der Waals surface area contributed by atoms with Gasteiger partial charge in [0.25, 0.3) is 0 Å². The summed E-state index contributed by atoms with van der Waals surface area (Å²) in [7, 11) is 0. The van der Waals surface area contributed by atoms with Gasteiger partial charge in [-0.15, -0.1) is 5.10 Å². The van der Waals surface area contributed by atoms with Gasteiger partial charge in [-0.05, 0) is 53.2 Å². The van der Waals surface area contributed by atoms with E-state index in [0.717, 1.165) is 15.7 Å². The molecule has 3 aromatic rings. The molecule has 0 bridgehead atoms. The Hall–Kier alpha value is -1.92. The minimum absolute atomic E-state index is 0.544. The molecule has 0 unspecified atom stereocenters. The van der Waals surface area contributed by atoms with E-state index >= 15 is 0 Å². The van der Waals surface area contributed by atoms with Crippen molar-refractivity contribution in [3.8, 4) is 17.1 Å². The summed E-state index contributed by atoms with van der Waals surface area (Å²) in [4.78, 5) is 0. The standard InChI is InChI=1S/C14H11BrClN5/c1-8-2-4-10(7-12(8)15)21-14(18-19-20-21)11-6-9(17)3-5-13(11)16/h2-7H,17H2,1H3. The van der Waals surface area contributed by atoms with Gasteiger partial charge in [0.1, 0.15) is 0 Å². The molecule has 0 aliphatic carbocycles. The van der Waals surface area contributed by atoms with Gasteiger partial charge in [-0.2, -0.15) is 4.68 Å². The van der Waals surface area contributed by atoms with E-state index < -0.39 is 0 Å². The van der Waals surface area contributed by atoms with E-state index in [1.165, 1.54) is 0 Å². The number of benzene rings is 2. The zero-order valence-corrected chi connectivity index (χ0v) is 13.4. The first kappa shape index (κ1) is 14.0. The summed E-state index contributed by atoms with van der Waals surface area (Å²) in [6.45, 7) is 2.02. The van der Waals surface area contributed by atoms with E-state index in [9.17, 15) is 0 Å². The molecule has 0 aliphatic rings. The van der Waals surface area contributed by atoms with E-state index in [1.807, 2.05) is 25.1 Å². The van der Waals surface area contributed by atoms with Gasteiger partial charge in [0.05, 0.1) is 10.7 Å². The van der Waals surface area contributed by atoms with Crippen LogP contribution < -0.4 is 5.73 Å². The Morgan fingerprint density at radius 1 is 1.19 bits per heavy atom. The summed E-state index contributed by atoms with van der Waals surface area (Å²) >= 11 is 9.74. The first-order valence-electron chi connectivity index (χ1n) is 6.16. The molecule has 0 fully saturated rings. The maximum atomic E-state index is 6.23. The topological polar surface area (TPSA) is 69.6 Å². The van der Waals surface area contributed by atoms with Crippen molar-refractivity contribution in [2.75, 3.05) is 5.73 Å². The van der Waals surface area contributed by atoms with Gasteiger partial charge in [0.2, 0.25) is 0 Å². The second kappa shape index (κ2) is 5.46. The Balaban J connectivity index is 2.17. The van der Waals surface area contributed by atoms with Crippen LogP contribution in [0.15, 0.2) is 40.9 Å². The molecule has 21 heavy (non-hydrogen) atoms. The van der Waals surface area contributed by atoms with Crippen LogP contribution in [-0.4, -0.2) is 20.2 Å². The van der Waals surface area contributed by atoms with Gasteiger partial charge in [-0.3, -0.25) is 0 Å². The van der Waals surface area contributed by atoms with Crippen molar-refractivity contribution in [3.63, 3.8) is 0 Å². The fourth-order valence-electron chi connectivity index (χ4n) is 1.96. The van der Waals surface area contributed by atoms with Gasteiger partial charge in [-0.1, -0.05) is 33.6 Å². The number of aromatic nitrogens is 4. The zero-order chi connectivity index (χ0) is 15.0. The third-order valence-electron chi connectivity index (χ3n) is 3.10. The maximum absolute atomic E-state index is 6.23. The van der Waals surface area contributed by atoms with Crippen molar-refractivity contribution in [2.24, 2.45) is 0 Å². The second-order valence-corrected chi connectivity index (χ2v) is 5.85. The molecule has 1 aromatic heterocycles. The number of tetrazole rings is 1. The summed E-state index contributed by atoms with van der Waals surface area (Å²) in [5.41, 5.74) is 9.09. The minimum atomic E-state index is 0.544. The number of anilines is 1. The summed E-state index contributed by atoms with van der Waals surface area (Å²) < 4.78 is 2.62. The predicted octanol–water partition coefficient (Wildman–Crippen LogP) is 3.64. The molecule has 0 atom stereocenters. The number of rotatable bonds is 2. The zero-order valence-electron chi connectivity index (χ0n) is 11.1. The van der Waals surface area contributed by atoms with Crippen LogP contribution in [0.1, 0.15) is 5.56 Å². The molecule has 5 nitrogen and oxygen atoms in total. The Morgan fingerprint density at radius 3 is 2.76 bits per heavy atom. The molecule has 106 valence electrons. The van der Waals surface area contributed by atoms with Crippen molar-refractivity contribution in [2.45, 2.75) is 6.92 Å². The molecule has 0 radical (unpaired) electrons. The number of aryl methyl sites for hydroxylation is 1. The Morgan fingerprint density at radius 2 is 2.00 bits per heavy atom. The molecule has 0 saturated carbocycles.